The lowest BCUT2D eigenvalue weighted by atomic mass is 10.00. The van der Waals surface area contributed by atoms with E-state index in [0.29, 0.717) is 6.04 Å². The van der Waals surface area contributed by atoms with Crippen LogP contribution in [0.15, 0.2) is 12.7 Å². The monoisotopic (exact) mass is 167 g/mol. The van der Waals surface area contributed by atoms with Crippen molar-refractivity contribution in [3.63, 3.8) is 0 Å². The van der Waals surface area contributed by atoms with Crippen molar-refractivity contribution in [2.24, 2.45) is 5.92 Å². The van der Waals surface area contributed by atoms with Gasteiger partial charge in [-0.3, -0.25) is 0 Å². The Balaban J connectivity index is 2.34. The van der Waals surface area contributed by atoms with Crippen LogP contribution in [-0.2, 0) is 0 Å². The van der Waals surface area contributed by atoms with Crippen LogP contribution in [0.2, 0.25) is 0 Å². The molecule has 0 spiro atoms. The van der Waals surface area contributed by atoms with Crippen LogP contribution in [-0.4, -0.2) is 12.1 Å². The first-order valence-corrected chi connectivity index (χ1v) is 5.16. The van der Waals surface area contributed by atoms with Gasteiger partial charge < -0.3 is 5.32 Å². The Bertz CT molecular complexity index is 142. The quantitative estimate of drug-likeness (QED) is 0.635. The summed E-state index contributed by atoms with van der Waals surface area (Å²) in [6.45, 7) is 8.26. The predicted octanol–water partition coefficient (Wildman–Crippen LogP) is 2.73. The van der Waals surface area contributed by atoms with Gasteiger partial charge in [-0.25, -0.2) is 0 Å². The van der Waals surface area contributed by atoms with E-state index in [-0.39, 0.29) is 0 Å². The topological polar surface area (TPSA) is 12.0 Å². The second-order valence-electron chi connectivity index (χ2n) is 3.90. The highest BCUT2D eigenvalue weighted by atomic mass is 15.0. The minimum absolute atomic E-state index is 0.474. The molecular weight excluding hydrogens is 146 g/mol. The van der Waals surface area contributed by atoms with E-state index < -0.39 is 0 Å². The first kappa shape index (κ1) is 9.79. The van der Waals surface area contributed by atoms with Crippen LogP contribution in [0.5, 0.6) is 0 Å². The second-order valence-corrected chi connectivity index (χ2v) is 3.90. The SMILES string of the molecule is C=CC(C)NC1CCCC1CC. The third kappa shape index (κ3) is 2.34. The summed E-state index contributed by atoms with van der Waals surface area (Å²) in [5.41, 5.74) is 0. The van der Waals surface area contributed by atoms with E-state index in [2.05, 4.69) is 25.7 Å². The van der Waals surface area contributed by atoms with Crippen molar-refractivity contribution < 1.29 is 0 Å². The molecule has 1 N–H and O–H groups in total. The van der Waals surface area contributed by atoms with Gasteiger partial charge in [0.2, 0.25) is 0 Å². The maximum atomic E-state index is 3.79. The fraction of sp³-hybridized carbons (Fsp3) is 0.818. The summed E-state index contributed by atoms with van der Waals surface area (Å²) in [4.78, 5) is 0. The van der Waals surface area contributed by atoms with Gasteiger partial charge in [-0.1, -0.05) is 25.8 Å². The Kier molecular flexibility index (Phi) is 3.80. The van der Waals surface area contributed by atoms with Gasteiger partial charge in [0.05, 0.1) is 0 Å². The van der Waals surface area contributed by atoms with E-state index in [1.165, 1.54) is 25.7 Å². The van der Waals surface area contributed by atoms with E-state index in [1.807, 2.05) is 6.08 Å². The van der Waals surface area contributed by atoms with E-state index in [0.717, 1.165) is 12.0 Å². The molecule has 1 nitrogen and oxygen atoms in total. The van der Waals surface area contributed by atoms with Gasteiger partial charge in [0.15, 0.2) is 0 Å². The lowest BCUT2D eigenvalue weighted by Gasteiger charge is -2.22. The lowest BCUT2D eigenvalue weighted by Crippen LogP contribution is -2.37. The van der Waals surface area contributed by atoms with Crippen LogP contribution < -0.4 is 5.32 Å². The zero-order valence-electron chi connectivity index (χ0n) is 8.34. The van der Waals surface area contributed by atoms with Crippen molar-refractivity contribution in [3.8, 4) is 0 Å². The van der Waals surface area contributed by atoms with Gasteiger partial charge in [-0.05, 0) is 25.7 Å². The highest BCUT2D eigenvalue weighted by molar-refractivity contribution is 4.89. The summed E-state index contributed by atoms with van der Waals surface area (Å²) in [6.07, 6.45) is 7.49. The third-order valence-corrected chi connectivity index (χ3v) is 3.01. The molecule has 0 amide bonds. The Labute approximate surface area is 76.2 Å². The highest BCUT2D eigenvalue weighted by Gasteiger charge is 2.25. The molecule has 3 unspecified atom stereocenters. The van der Waals surface area contributed by atoms with Crippen LogP contribution in [0, 0.1) is 5.92 Å². The summed E-state index contributed by atoms with van der Waals surface area (Å²) >= 11 is 0. The van der Waals surface area contributed by atoms with Crippen LogP contribution in [0.4, 0.5) is 0 Å². The Morgan fingerprint density at radius 2 is 2.33 bits per heavy atom. The smallest absolute Gasteiger partial charge is 0.0221 e. The summed E-state index contributed by atoms with van der Waals surface area (Å²) in [7, 11) is 0. The number of hydrogen-bond donors (Lipinski definition) is 1. The summed E-state index contributed by atoms with van der Waals surface area (Å²) in [5, 5.41) is 3.61. The molecule has 1 heteroatoms. The Morgan fingerprint density at radius 3 is 2.92 bits per heavy atom. The largest absolute Gasteiger partial charge is 0.308 e. The zero-order chi connectivity index (χ0) is 8.97. The molecular formula is C11H21N. The highest BCUT2D eigenvalue weighted by Crippen LogP contribution is 2.28. The molecule has 0 aromatic carbocycles. The van der Waals surface area contributed by atoms with Crippen LogP contribution in [0.3, 0.4) is 0 Å². The van der Waals surface area contributed by atoms with Crippen molar-refractivity contribution in [1.82, 2.24) is 5.32 Å². The third-order valence-electron chi connectivity index (χ3n) is 3.01. The van der Waals surface area contributed by atoms with E-state index >= 15 is 0 Å². The molecule has 12 heavy (non-hydrogen) atoms. The molecule has 0 radical (unpaired) electrons. The molecule has 0 bridgehead atoms. The molecule has 0 aromatic heterocycles. The Morgan fingerprint density at radius 1 is 1.58 bits per heavy atom. The standard InChI is InChI=1S/C11H21N/c1-4-9(3)12-11-8-6-7-10(11)5-2/h4,9-12H,1,5-8H2,2-3H3. The van der Waals surface area contributed by atoms with E-state index in [4.69, 9.17) is 0 Å². The molecule has 1 saturated carbocycles. The van der Waals surface area contributed by atoms with Crippen molar-refractivity contribution in [3.05, 3.63) is 12.7 Å². The minimum atomic E-state index is 0.474. The van der Waals surface area contributed by atoms with Crippen molar-refractivity contribution >= 4 is 0 Å². The van der Waals surface area contributed by atoms with Gasteiger partial charge in [0.25, 0.3) is 0 Å². The second kappa shape index (κ2) is 4.66. The fourth-order valence-electron chi connectivity index (χ4n) is 2.15. The number of hydrogen-bond acceptors (Lipinski definition) is 1. The first-order valence-electron chi connectivity index (χ1n) is 5.16. The molecule has 1 aliphatic rings. The van der Waals surface area contributed by atoms with Crippen molar-refractivity contribution in [2.75, 3.05) is 0 Å². The summed E-state index contributed by atoms with van der Waals surface area (Å²) in [5.74, 6) is 0.910. The van der Waals surface area contributed by atoms with E-state index in [9.17, 15) is 0 Å². The molecule has 3 atom stereocenters. The summed E-state index contributed by atoms with van der Waals surface area (Å²) in [6, 6.07) is 1.23. The molecule has 0 aliphatic heterocycles. The van der Waals surface area contributed by atoms with Gasteiger partial charge in [-0.15, -0.1) is 6.58 Å². The normalized spacial score (nSPS) is 31.8. The molecule has 0 heterocycles. The molecule has 0 saturated heterocycles. The molecule has 1 rings (SSSR count). The maximum Gasteiger partial charge on any atom is 0.0221 e. The van der Waals surface area contributed by atoms with Gasteiger partial charge in [0, 0.05) is 12.1 Å². The molecule has 1 fully saturated rings. The average Bonchev–Trinajstić information content (AvgIpc) is 2.51. The van der Waals surface area contributed by atoms with Gasteiger partial charge in [-0.2, -0.15) is 0 Å². The molecule has 70 valence electrons. The van der Waals surface area contributed by atoms with Crippen LogP contribution in [0.1, 0.15) is 39.5 Å². The predicted molar refractivity (Wildman–Crippen MR) is 54.2 cm³/mol. The van der Waals surface area contributed by atoms with Gasteiger partial charge >= 0.3 is 0 Å². The van der Waals surface area contributed by atoms with E-state index in [1.54, 1.807) is 0 Å². The van der Waals surface area contributed by atoms with Crippen molar-refractivity contribution in [2.45, 2.75) is 51.6 Å². The molecule has 0 aromatic rings. The lowest BCUT2D eigenvalue weighted by molar-refractivity contribution is 0.377. The number of rotatable bonds is 4. The molecule has 1 aliphatic carbocycles. The van der Waals surface area contributed by atoms with Gasteiger partial charge in [0.1, 0.15) is 0 Å². The maximum absolute atomic E-state index is 3.79. The van der Waals surface area contributed by atoms with Crippen LogP contribution in [0.25, 0.3) is 0 Å². The van der Waals surface area contributed by atoms with Crippen molar-refractivity contribution in [1.29, 1.82) is 0 Å². The zero-order valence-corrected chi connectivity index (χ0v) is 8.34. The average molecular weight is 167 g/mol. The number of nitrogens with one attached hydrogen (secondary N) is 1. The minimum Gasteiger partial charge on any atom is -0.308 e. The fourth-order valence-corrected chi connectivity index (χ4v) is 2.15. The summed E-state index contributed by atoms with van der Waals surface area (Å²) < 4.78 is 0. The first-order chi connectivity index (χ1) is 5.77. The Hall–Kier alpha value is -0.300. The van der Waals surface area contributed by atoms with Crippen LogP contribution >= 0.6 is 0 Å².